The summed E-state index contributed by atoms with van der Waals surface area (Å²) in [4.78, 5) is 0. The average Bonchev–Trinajstić information content (AvgIpc) is 3.66. The fourth-order valence-corrected chi connectivity index (χ4v) is 8.58. The smallest absolute Gasteiger partial charge is 0.128 e. The lowest BCUT2D eigenvalue weighted by molar-refractivity contribution is 0.675. The molecule has 7 aromatic carbocycles. The summed E-state index contributed by atoms with van der Waals surface area (Å²) in [5.74, 6) is 0. The molecule has 0 aliphatic rings. The Morgan fingerprint density at radius 1 is 0.143 bits per heavy atom. The van der Waals surface area contributed by atoms with Crippen molar-refractivity contribution >= 4 is 363 Å². The SMILES string of the molecule is [B]c1c([B])c([B])c(-c2c3c([B])c([B])c([B])c([B])c3c(-c3c([B])c([B])c(-c4c([B])c([B])c([B])c5oc6c([B])c([B])c([B])c([B])c6c45)c([B])c3[B])c3c([B])c([B])c([B])c([B])c23)c([B])c1[B]. The molecule has 0 spiro atoms. The molecule has 0 amide bonds. The summed E-state index contributed by atoms with van der Waals surface area (Å²) >= 11 is 0. The third-order valence-corrected chi connectivity index (χ3v) is 12.1. The van der Waals surface area contributed by atoms with Gasteiger partial charge in [0.1, 0.15) is 199 Å². The van der Waals surface area contributed by atoms with Gasteiger partial charge in [-0.25, -0.2) is 0 Å². The fourth-order valence-electron chi connectivity index (χ4n) is 8.58. The number of furan rings is 1. The molecule has 1 aromatic heterocycles. The minimum Gasteiger partial charge on any atom is -0.457 e. The second-order valence-electron chi connectivity index (χ2n) is 15.2. The maximum atomic E-state index is 7.11. The van der Waals surface area contributed by atoms with Crippen molar-refractivity contribution in [2.45, 2.75) is 0 Å². The van der Waals surface area contributed by atoms with Crippen LogP contribution in [-0.4, -0.2) is 188 Å². The summed E-state index contributed by atoms with van der Waals surface area (Å²) in [6, 6.07) is 0. The normalized spacial score (nSPS) is 11.7. The van der Waals surface area contributed by atoms with E-state index in [4.69, 9.17) is 193 Å². The van der Waals surface area contributed by atoms with Gasteiger partial charge in [0.25, 0.3) is 0 Å². The van der Waals surface area contributed by atoms with Gasteiger partial charge in [0.2, 0.25) is 0 Å². The van der Waals surface area contributed by atoms with Gasteiger partial charge in [-0.15, -0.1) is 54.6 Å². The number of hydrogen-bond acceptors (Lipinski definition) is 1. The number of benzene rings is 7. The summed E-state index contributed by atoms with van der Waals surface area (Å²) in [7, 11) is 160. The van der Waals surface area contributed by atoms with Gasteiger partial charge in [-0.05, 0) is 54.9 Å². The highest BCUT2D eigenvalue weighted by molar-refractivity contribution is 6.76. The molecule has 0 bridgehead atoms. The third-order valence-electron chi connectivity index (χ3n) is 12.1. The molecule has 0 aliphatic heterocycles. The summed E-state index contributed by atoms with van der Waals surface area (Å²) < 4.78 is 6.15. The summed E-state index contributed by atoms with van der Waals surface area (Å²) in [6.07, 6.45) is 0. The highest BCUT2D eigenvalue weighted by Gasteiger charge is 2.30. The molecule has 8 rings (SSSR count). The standard InChI is InChI=1S/C38B24O/c39-13-3-1(4-6(16(42)28(54)26(52)14(4)40)2(5(3)15(41)27(53)25(13)51)10-22(48)29(55)33(59)30(56)23(10)49)9-18(44)20(46)11(21(47)19(9)45)7-8-12-24(50)31(57)34(60)36(62)38(12)63-37(8)35(61)32(58)17(7)43. The molecule has 63 heavy (non-hydrogen) atoms. The van der Waals surface area contributed by atoms with E-state index < -0.39 is 0 Å². The zero-order valence-electron chi connectivity index (χ0n) is 33.3. The topological polar surface area (TPSA) is 13.1 Å². The van der Waals surface area contributed by atoms with Crippen molar-refractivity contribution in [2.75, 3.05) is 0 Å². The predicted molar refractivity (Wildman–Crippen MR) is 294 cm³/mol. The van der Waals surface area contributed by atoms with Crippen LogP contribution in [0.4, 0.5) is 0 Å². The molecule has 0 saturated carbocycles. The Morgan fingerprint density at radius 3 is 0.667 bits per heavy atom. The van der Waals surface area contributed by atoms with Crippen LogP contribution >= 0.6 is 0 Å². The molecule has 230 valence electrons. The first-order chi connectivity index (χ1) is 29.3. The van der Waals surface area contributed by atoms with Gasteiger partial charge < -0.3 is 4.42 Å². The molecule has 48 radical (unpaired) electrons. The molecule has 0 N–H and O–H groups in total. The van der Waals surface area contributed by atoms with E-state index >= 15 is 0 Å². The Labute approximate surface area is 398 Å². The number of rotatable bonds is 3. The molecule has 1 heterocycles. The van der Waals surface area contributed by atoms with Crippen molar-refractivity contribution in [2.24, 2.45) is 0 Å². The minimum absolute atomic E-state index is 0.00307. The van der Waals surface area contributed by atoms with Crippen LogP contribution in [0.1, 0.15) is 0 Å². The minimum atomic E-state index is -0.235. The van der Waals surface area contributed by atoms with Gasteiger partial charge in [0.15, 0.2) is 0 Å². The Bertz CT molecular complexity index is 3360. The summed E-state index contributed by atoms with van der Waals surface area (Å²) in [5, 5.41) is 0.409. The molecule has 0 aliphatic carbocycles. The van der Waals surface area contributed by atoms with Gasteiger partial charge in [-0.2, -0.15) is 0 Å². The van der Waals surface area contributed by atoms with Crippen LogP contribution in [0.3, 0.4) is 0 Å². The maximum absolute atomic E-state index is 7.11. The van der Waals surface area contributed by atoms with E-state index in [9.17, 15) is 0 Å². The van der Waals surface area contributed by atoms with Gasteiger partial charge in [-0.3, -0.25) is 0 Å². The highest BCUT2D eigenvalue weighted by atomic mass is 16.3. The van der Waals surface area contributed by atoms with Crippen LogP contribution in [0.2, 0.25) is 0 Å². The van der Waals surface area contributed by atoms with Crippen LogP contribution in [-0.2, 0) is 0 Å². The Hall–Kier alpha value is -3.58. The summed E-state index contributed by atoms with van der Waals surface area (Å²) in [5.41, 5.74) is -3.33. The first-order valence-corrected chi connectivity index (χ1v) is 18.3. The van der Waals surface area contributed by atoms with Crippen molar-refractivity contribution in [1.82, 2.24) is 0 Å². The zero-order chi connectivity index (χ0) is 46.6. The molecule has 0 saturated heterocycles. The Kier molecular flexibility index (Phi) is 11.3. The lowest BCUT2D eigenvalue weighted by atomic mass is 9.55. The second kappa shape index (κ2) is 15.5. The van der Waals surface area contributed by atoms with E-state index in [1.165, 1.54) is 0 Å². The predicted octanol–water partition coefficient (Wildman–Crippen LogP) is -18.1. The highest BCUT2D eigenvalue weighted by Crippen LogP contribution is 2.39. The van der Waals surface area contributed by atoms with E-state index in [2.05, 4.69) is 0 Å². The van der Waals surface area contributed by atoms with Crippen molar-refractivity contribution in [3.8, 4) is 33.4 Å². The molecule has 25 heteroatoms. The lowest BCUT2D eigenvalue weighted by Gasteiger charge is -2.33. The van der Waals surface area contributed by atoms with E-state index in [1.54, 1.807) is 0 Å². The lowest BCUT2D eigenvalue weighted by Crippen LogP contribution is -2.55. The van der Waals surface area contributed by atoms with Crippen molar-refractivity contribution < 1.29 is 4.42 Å². The second-order valence-corrected chi connectivity index (χ2v) is 15.2. The molecular formula is C38B24O. The van der Waals surface area contributed by atoms with Crippen LogP contribution in [0, 0.1) is 0 Å². The van der Waals surface area contributed by atoms with Crippen molar-refractivity contribution in [3.63, 3.8) is 0 Å². The van der Waals surface area contributed by atoms with Crippen molar-refractivity contribution in [1.29, 1.82) is 0 Å². The molecule has 0 fully saturated rings. The quantitative estimate of drug-likeness (QED) is 0.130. The van der Waals surface area contributed by atoms with E-state index in [-0.39, 0.29) is 208 Å². The van der Waals surface area contributed by atoms with E-state index in [0.29, 0.717) is 0 Å². The van der Waals surface area contributed by atoms with Gasteiger partial charge >= 0.3 is 0 Å². The van der Waals surface area contributed by atoms with Gasteiger partial charge in [0, 0.05) is 10.8 Å². The molecular weight excluding hydrogens is 732 g/mol. The Balaban J connectivity index is 1.66. The molecule has 0 unspecified atom stereocenters. The first-order valence-electron chi connectivity index (χ1n) is 18.3. The van der Waals surface area contributed by atoms with E-state index in [0.717, 1.165) is 0 Å². The molecule has 0 atom stereocenters. The maximum Gasteiger partial charge on any atom is 0.128 e. The van der Waals surface area contributed by atoms with Crippen LogP contribution in [0.5, 0.6) is 0 Å². The van der Waals surface area contributed by atoms with Crippen LogP contribution in [0.25, 0.3) is 76.9 Å². The first kappa shape index (κ1) is 46.0. The Morgan fingerprint density at radius 2 is 0.333 bits per heavy atom. The number of fused-ring (bicyclic) bond motifs is 5. The zero-order valence-corrected chi connectivity index (χ0v) is 33.3. The van der Waals surface area contributed by atoms with E-state index in [1.807, 2.05) is 0 Å². The average molecular weight is 732 g/mol. The molecule has 8 aromatic rings. The third kappa shape index (κ3) is 5.97. The van der Waals surface area contributed by atoms with Crippen LogP contribution in [0.15, 0.2) is 4.42 Å². The van der Waals surface area contributed by atoms with Crippen LogP contribution < -0.4 is 131 Å². The van der Waals surface area contributed by atoms with Crippen molar-refractivity contribution in [3.05, 3.63) is 0 Å². The fraction of sp³-hybridized carbons (Fsp3) is 0. The van der Waals surface area contributed by atoms with Gasteiger partial charge in [0.05, 0.1) is 0 Å². The monoisotopic (exact) mass is 736 g/mol. The number of hydrogen-bond donors (Lipinski definition) is 0. The molecule has 1 nitrogen and oxygen atoms in total. The summed E-state index contributed by atoms with van der Waals surface area (Å²) in [6.45, 7) is 0. The van der Waals surface area contributed by atoms with Gasteiger partial charge in [-0.1, -0.05) is 76.5 Å². The largest absolute Gasteiger partial charge is 0.457 e.